The molecule has 3 N–H and O–H groups in total. The molecule has 0 aliphatic heterocycles. The first-order chi connectivity index (χ1) is 8.24. The van der Waals surface area contributed by atoms with Gasteiger partial charge in [0.2, 0.25) is 0 Å². The molecule has 0 aromatic carbocycles. The van der Waals surface area contributed by atoms with Crippen molar-refractivity contribution in [3.8, 4) is 0 Å². The molecule has 0 saturated carbocycles. The minimum absolute atomic E-state index is 0.212. The number of aromatic nitrogens is 2. The summed E-state index contributed by atoms with van der Waals surface area (Å²) in [6, 6.07) is 0. The second-order valence-electron chi connectivity index (χ2n) is 5.12. The van der Waals surface area contributed by atoms with Crippen molar-refractivity contribution in [3.05, 3.63) is 32.6 Å². The monoisotopic (exact) mass is 269 g/mol. The fourth-order valence-corrected chi connectivity index (χ4v) is 1.70. The molecule has 0 aliphatic rings. The van der Waals surface area contributed by atoms with Gasteiger partial charge in [-0.05, 0) is 19.8 Å². The van der Waals surface area contributed by atoms with E-state index in [1.54, 1.807) is 13.1 Å². The van der Waals surface area contributed by atoms with Crippen LogP contribution in [0.3, 0.4) is 0 Å². The summed E-state index contributed by atoms with van der Waals surface area (Å²) in [6.45, 7) is 6.18. The molecule has 1 aromatic heterocycles. The Morgan fingerprint density at radius 3 is 2.67 bits per heavy atom. The summed E-state index contributed by atoms with van der Waals surface area (Å²) in [6.07, 6.45) is 3.15. The zero-order valence-electron chi connectivity index (χ0n) is 10.9. The van der Waals surface area contributed by atoms with E-state index in [4.69, 9.17) is 18.0 Å². The highest BCUT2D eigenvalue weighted by Gasteiger charge is 2.20. The van der Waals surface area contributed by atoms with Crippen LogP contribution < -0.4 is 17.0 Å². The number of hydrogen-bond donors (Lipinski definition) is 2. The largest absolute Gasteiger partial charge is 0.393 e. The average Bonchev–Trinajstić information content (AvgIpc) is 2.25. The number of rotatable bonds is 5. The molecule has 1 aromatic rings. The van der Waals surface area contributed by atoms with E-state index < -0.39 is 0 Å². The number of nitrogens with two attached hydrogens (primary N) is 1. The molecule has 1 rings (SSSR count). The smallest absolute Gasteiger partial charge is 0.328 e. The van der Waals surface area contributed by atoms with Crippen molar-refractivity contribution in [1.29, 1.82) is 0 Å². The van der Waals surface area contributed by atoms with Gasteiger partial charge in [-0.25, -0.2) is 4.79 Å². The Labute approximate surface area is 111 Å². The van der Waals surface area contributed by atoms with Crippen molar-refractivity contribution in [1.82, 2.24) is 9.55 Å². The second kappa shape index (κ2) is 5.48. The summed E-state index contributed by atoms with van der Waals surface area (Å²) >= 11 is 4.99. The summed E-state index contributed by atoms with van der Waals surface area (Å²) in [7, 11) is 0. The maximum Gasteiger partial charge on any atom is 0.328 e. The lowest BCUT2D eigenvalue weighted by Gasteiger charge is -2.22. The number of nitrogens with zero attached hydrogens (tertiary/aromatic N) is 1. The van der Waals surface area contributed by atoms with Crippen molar-refractivity contribution in [2.24, 2.45) is 11.1 Å². The number of aromatic amines is 1. The van der Waals surface area contributed by atoms with Gasteiger partial charge < -0.3 is 10.3 Å². The first-order valence-electron chi connectivity index (χ1n) is 5.84. The van der Waals surface area contributed by atoms with E-state index in [9.17, 15) is 9.59 Å². The van der Waals surface area contributed by atoms with Gasteiger partial charge in [-0.1, -0.05) is 26.1 Å². The van der Waals surface area contributed by atoms with Gasteiger partial charge >= 0.3 is 5.69 Å². The lowest BCUT2D eigenvalue weighted by atomic mass is 9.88. The second-order valence-corrected chi connectivity index (χ2v) is 5.56. The Balaban J connectivity index is 2.71. The van der Waals surface area contributed by atoms with E-state index in [1.165, 1.54) is 4.57 Å². The fraction of sp³-hybridized carbons (Fsp3) is 0.583. The molecule has 1 heterocycles. The quantitative estimate of drug-likeness (QED) is 0.779. The summed E-state index contributed by atoms with van der Waals surface area (Å²) < 4.78 is 1.51. The van der Waals surface area contributed by atoms with E-state index in [1.807, 2.05) is 13.8 Å². The first-order valence-corrected chi connectivity index (χ1v) is 6.25. The number of hydrogen-bond acceptors (Lipinski definition) is 3. The highest BCUT2D eigenvalue weighted by atomic mass is 32.1. The van der Waals surface area contributed by atoms with Gasteiger partial charge in [0, 0.05) is 23.7 Å². The van der Waals surface area contributed by atoms with Crippen LogP contribution in [0.15, 0.2) is 15.8 Å². The Morgan fingerprint density at radius 1 is 1.50 bits per heavy atom. The SMILES string of the molecule is Cc1cn(CCCC(C)(C)C(N)=S)c(=O)[nH]c1=O. The number of thiocarbonyl (C=S) groups is 1. The molecular formula is C12H19N3O2S. The standard InChI is InChI=1S/C12H19N3O2S/c1-8-7-15(11(17)14-9(8)16)6-4-5-12(2,3)10(13)18/h7H,4-6H2,1-3H3,(H2,13,18)(H,14,16,17). The Kier molecular flexibility index (Phi) is 4.45. The zero-order chi connectivity index (χ0) is 13.9. The van der Waals surface area contributed by atoms with Crippen LogP contribution in [0.5, 0.6) is 0 Å². The minimum atomic E-state index is -0.376. The Bertz CT molecular complexity index is 557. The summed E-state index contributed by atoms with van der Waals surface area (Å²) in [4.78, 5) is 25.5. The molecule has 18 heavy (non-hydrogen) atoms. The van der Waals surface area contributed by atoms with Gasteiger partial charge in [0.05, 0.1) is 4.99 Å². The first kappa shape index (κ1) is 14.6. The maximum atomic E-state index is 11.5. The predicted octanol–water partition coefficient (Wildman–Crippen LogP) is 0.938. The zero-order valence-corrected chi connectivity index (χ0v) is 11.8. The van der Waals surface area contributed by atoms with Gasteiger partial charge in [0.1, 0.15) is 0 Å². The van der Waals surface area contributed by atoms with E-state index in [0.717, 1.165) is 12.8 Å². The average molecular weight is 269 g/mol. The normalized spacial score (nSPS) is 11.5. The van der Waals surface area contributed by atoms with Crippen LogP contribution in [0.4, 0.5) is 0 Å². The molecular weight excluding hydrogens is 250 g/mol. The van der Waals surface area contributed by atoms with Crippen LogP contribution in [-0.4, -0.2) is 14.5 Å². The predicted molar refractivity (Wildman–Crippen MR) is 75.9 cm³/mol. The molecule has 0 bridgehead atoms. The van der Waals surface area contributed by atoms with Crippen molar-refractivity contribution < 1.29 is 0 Å². The van der Waals surface area contributed by atoms with Crippen molar-refractivity contribution in [3.63, 3.8) is 0 Å². The topological polar surface area (TPSA) is 80.9 Å². The molecule has 0 fully saturated rings. The fourth-order valence-electron chi connectivity index (χ4n) is 1.60. The third-order valence-corrected chi connectivity index (χ3v) is 3.61. The van der Waals surface area contributed by atoms with Crippen LogP contribution in [-0.2, 0) is 6.54 Å². The van der Waals surface area contributed by atoms with Crippen LogP contribution in [0.2, 0.25) is 0 Å². The van der Waals surface area contributed by atoms with Gasteiger partial charge in [0.25, 0.3) is 5.56 Å². The van der Waals surface area contributed by atoms with E-state index in [2.05, 4.69) is 4.98 Å². The number of aryl methyl sites for hydroxylation is 2. The van der Waals surface area contributed by atoms with Gasteiger partial charge in [-0.2, -0.15) is 0 Å². The molecule has 0 aliphatic carbocycles. The third kappa shape index (κ3) is 3.53. The third-order valence-electron chi connectivity index (χ3n) is 3.06. The molecule has 100 valence electrons. The molecule has 0 unspecified atom stereocenters. The van der Waals surface area contributed by atoms with Crippen molar-refractivity contribution in [2.45, 2.75) is 40.2 Å². The molecule has 0 atom stereocenters. The molecule has 6 heteroatoms. The van der Waals surface area contributed by atoms with Gasteiger partial charge in [0.15, 0.2) is 0 Å². The van der Waals surface area contributed by atoms with Crippen molar-refractivity contribution in [2.75, 3.05) is 0 Å². The minimum Gasteiger partial charge on any atom is -0.393 e. The van der Waals surface area contributed by atoms with E-state index >= 15 is 0 Å². The summed E-state index contributed by atoms with van der Waals surface area (Å²) in [5.41, 5.74) is 5.25. The summed E-state index contributed by atoms with van der Waals surface area (Å²) in [5.74, 6) is 0. The summed E-state index contributed by atoms with van der Waals surface area (Å²) in [5, 5.41) is 0. The van der Waals surface area contributed by atoms with Crippen LogP contribution in [0.25, 0.3) is 0 Å². The molecule has 0 saturated heterocycles. The Hall–Kier alpha value is -1.43. The number of H-pyrrole nitrogens is 1. The van der Waals surface area contributed by atoms with Crippen LogP contribution in [0, 0.1) is 12.3 Å². The highest BCUT2D eigenvalue weighted by molar-refractivity contribution is 7.80. The highest BCUT2D eigenvalue weighted by Crippen LogP contribution is 2.22. The molecule has 0 amide bonds. The maximum absolute atomic E-state index is 11.5. The molecule has 5 nitrogen and oxygen atoms in total. The van der Waals surface area contributed by atoms with E-state index in [0.29, 0.717) is 17.1 Å². The van der Waals surface area contributed by atoms with Gasteiger partial charge in [-0.15, -0.1) is 0 Å². The Morgan fingerprint density at radius 2 is 2.11 bits per heavy atom. The van der Waals surface area contributed by atoms with Gasteiger partial charge in [-0.3, -0.25) is 9.78 Å². The van der Waals surface area contributed by atoms with E-state index in [-0.39, 0.29) is 16.7 Å². The molecule has 0 radical (unpaired) electrons. The number of nitrogens with one attached hydrogen (secondary N) is 1. The molecule has 0 spiro atoms. The van der Waals surface area contributed by atoms with Crippen LogP contribution in [0.1, 0.15) is 32.3 Å². The van der Waals surface area contributed by atoms with Crippen molar-refractivity contribution >= 4 is 17.2 Å². The lowest BCUT2D eigenvalue weighted by molar-refractivity contribution is 0.431. The van der Waals surface area contributed by atoms with Crippen LogP contribution >= 0.6 is 12.2 Å². The lowest BCUT2D eigenvalue weighted by Crippen LogP contribution is -2.32.